The van der Waals surface area contributed by atoms with Crippen LogP contribution in [0.3, 0.4) is 0 Å². The molecule has 0 radical (unpaired) electrons. The van der Waals surface area contributed by atoms with E-state index in [1.165, 1.54) is 37.7 Å². The van der Waals surface area contributed by atoms with Gasteiger partial charge in [-0.1, -0.05) is 51.3 Å². The molecule has 0 spiro atoms. The number of halogens is 2. The van der Waals surface area contributed by atoms with Gasteiger partial charge in [-0.15, -0.1) is 0 Å². The van der Waals surface area contributed by atoms with Crippen LogP contribution in [0.5, 0.6) is 0 Å². The van der Waals surface area contributed by atoms with Crippen LogP contribution in [0, 0.1) is 23.5 Å². The second-order valence-corrected chi connectivity index (χ2v) is 10.3. The van der Waals surface area contributed by atoms with Crippen LogP contribution in [0.15, 0.2) is 23.8 Å². The van der Waals surface area contributed by atoms with Gasteiger partial charge < -0.3 is 4.74 Å². The number of hydrogen-bond acceptors (Lipinski definition) is 1. The molecule has 1 saturated heterocycles. The number of rotatable bonds is 6. The Balaban J connectivity index is 1.36. The van der Waals surface area contributed by atoms with Gasteiger partial charge in [-0.25, -0.2) is 8.78 Å². The van der Waals surface area contributed by atoms with E-state index in [0.717, 1.165) is 56.8 Å². The summed E-state index contributed by atoms with van der Waals surface area (Å²) in [6, 6.07) is 3.72. The van der Waals surface area contributed by atoms with Crippen molar-refractivity contribution in [3.8, 4) is 0 Å². The van der Waals surface area contributed by atoms with Crippen molar-refractivity contribution in [2.45, 2.75) is 109 Å². The second kappa shape index (κ2) is 10.6. The first-order valence-electron chi connectivity index (χ1n) is 12.9. The van der Waals surface area contributed by atoms with Gasteiger partial charge in [-0.2, -0.15) is 0 Å². The van der Waals surface area contributed by atoms with Crippen LogP contribution in [-0.4, -0.2) is 12.7 Å². The molecule has 3 heteroatoms. The maximum absolute atomic E-state index is 15.1. The quantitative estimate of drug-likeness (QED) is 0.411. The summed E-state index contributed by atoms with van der Waals surface area (Å²) in [4.78, 5) is 0. The molecule has 1 aromatic rings. The molecular formula is C28H40F2O. The molecule has 1 heterocycles. The van der Waals surface area contributed by atoms with E-state index in [1.54, 1.807) is 0 Å². The molecule has 1 saturated carbocycles. The van der Waals surface area contributed by atoms with Gasteiger partial charge in [0.15, 0.2) is 11.6 Å². The Kier molecular flexibility index (Phi) is 7.85. The first-order chi connectivity index (χ1) is 15.1. The highest BCUT2D eigenvalue weighted by molar-refractivity contribution is 5.32. The highest BCUT2D eigenvalue weighted by Gasteiger charge is 2.31. The van der Waals surface area contributed by atoms with Crippen LogP contribution in [0.1, 0.15) is 114 Å². The first kappa shape index (κ1) is 23.0. The smallest absolute Gasteiger partial charge is 0.162 e. The zero-order chi connectivity index (χ0) is 21.8. The second-order valence-electron chi connectivity index (χ2n) is 10.3. The Morgan fingerprint density at radius 2 is 1.52 bits per heavy atom. The van der Waals surface area contributed by atoms with Crippen LogP contribution in [0.4, 0.5) is 8.78 Å². The average molecular weight is 431 g/mol. The van der Waals surface area contributed by atoms with Crippen LogP contribution in [0.25, 0.3) is 0 Å². The van der Waals surface area contributed by atoms with E-state index in [4.69, 9.17) is 4.74 Å². The van der Waals surface area contributed by atoms with Crippen molar-refractivity contribution in [1.82, 2.24) is 0 Å². The van der Waals surface area contributed by atoms with Crippen LogP contribution in [0.2, 0.25) is 0 Å². The summed E-state index contributed by atoms with van der Waals surface area (Å²) in [5.74, 6) is 0.504. The van der Waals surface area contributed by atoms with Gasteiger partial charge in [0, 0.05) is 5.92 Å². The Bertz CT molecular complexity index is 755. The zero-order valence-electron chi connectivity index (χ0n) is 19.5. The molecule has 0 aromatic heterocycles. The van der Waals surface area contributed by atoms with Crippen molar-refractivity contribution in [2.24, 2.45) is 11.8 Å². The summed E-state index contributed by atoms with van der Waals surface area (Å²) < 4.78 is 36.3. The summed E-state index contributed by atoms with van der Waals surface area (Å²) in [6.07, 6.45) is 16.0. The Morgan fingerprint density at radius 3 is 2.06 bits per heavy atom. The molecule has 3 aliphatic rings. The lowest BCUT2D eigenvalue weighted by Crippen LogP contribution is -2.28. The topological polar surface area (TPSA) is 9.23 Å². The normalized spacial score (nSPS) is 32.0. The molecule has 2 fully saturated rings. The number of hydrogen-bond donors (Lipinski definition) is 0. The molecule has 1 nitrogen and oxygen atoms in total. The fraction of sp³-hybridized carbons (Fsp3) is 0.714. The summed E-state index contributed by atoms with van der Waals surface area (Å²) in [7, 11) is 0. The number of ether oxygens (including phenoxy) is 1. The highest BCUT2D eigenvalue weighted by Crippen LogP contribution is 2.41. The monoisotopic (exact) mass is 430 g/mol. The maximum Gasteiger partial charge on any atom is 0.162 e. The van der Waals surface area contributed by atoms with Gasteiger partial charge in [0.1, 0.15) is 0 Å². The minimum absolute atomic E-state index is 0.0346. The Labute approximate surface area is 187 Å². The molecule has 0 amide bonds. The van der Waals surface area contributed by atoms with Crippen molar-refractivity contribution in [3.63, 3.8) is 0 Å². The van der Waals surface area contributed by atoms with Gasteiger partial charge >= 0.3 is 0 Å². The summed E-state index contributed by atoms with van der Waals surface area (Å²) >= 11 is 0. The van der Waals surface area contributed by atoms with E-state index < -0.39 is 11.6 Å². The molecule has 3 unspecified atom stereocenters. The molecule has 2 aliphatic carbocycles. The standard InChI is InChI=1S/C28H40F2O/c1-3-5-20-8-12-22(13-9-20)26-17-14-23(18-31-26)25-16-15-24(27(29)28(25)30)21-10-6-19(4-2)7-11-21/h12,15-16,19-21,23,26H,3-11,13-14,17-18H2,1-2H3. The van der Waals surface area contributed by atoms with E-state index in [9.17, 15) is 0 Å². The summed E-state index contributed by atoms with van der Waals surface area (Å²) in [5.41, 5.74) is 2.55. The lowest BCUT2D eigenvalue weighted by molar-refractivity contribution is 0.0216. The van der Waals surface area contributed by atoms with Gasteiger partial charge in [0.25, 0.3) is 0 Å². The van der Waals surface area contributed by atoms with Crippen LogP contribution in [-0.2, 0) is 4.74 Å². The van der Waals surface area contributed by atoms with Crippen molar-refractivity contribution in [3.05, 3.63) is 46.5 Å². The fourth-order valence-electron chi connectivity index (χ4n) is 6.25. The van der Waals surface area contributed by atoms with Crippen molar-refractivity contribution < 1.29 is 13.5 Å². The van der Waals surface area contributed by atoms with Gasteiger partial charge in [0.2, 0.25) is 0 Å². The first-order valence-corrected chi connectivity index (χ1v) is 12.9. The number of benzene rings is 1. The van der Waals surface area contributed by atoms with Gasteiger partial charge in [-0.3, -0.25) is 0 Å². The van der Waals surface area contributed by atoms with E-state index in [1.807, 2.05) is 12.1 Å². The molecule has 0 N–H and O–H groups in total. The molecule has 31 heavy (non-hydrogen) atoms. The number of allylic oxidation sites excluding steroid dienone is 1. The predicted octanol–water partition coefficient (Wildman–Crippen LogP) is 8.44. The molecule has 3 atom stereocenters. The molecule has 172 valence electrons. The third-order valence-corrected chi connectivity index (χ3v) is 8.39. The van der Waals surface area contributed by atoms with Crippen LogP contribution < -0.4 is 0 Å². The lowest BCUT2D eigenvalue weighted by Gasteiger charge is -2.34. The van der Waals surface area contributed by atoms with Gasteiger partial charge in [0.05, 0.1) is 12.7 Å². The minimum Gasteiger partial charge on any atom is -0.373 e. The van der Waals surface area contributed by atoms with Crippen molar-refractivity contribution >= 4 is 0 Å². The molecule has 1 aromatic carbocycles. The van der Waals surface area contributed by atoms with Crippen molar-refractivity contribution in [2.75, 3.05) is 6.61 Å². The predicted molar refractivity (Wildman–Crippen MR) is 123 cm³/mol. The molecule has 4 rings (SSSR count). The van der Waals surface area contributed by atoms with E-state index in [0.29, 0.717) is 17.7 Å². The van der Waals surface area contributed by atoms with E-state index in [2.05, 4.69) is 19.9 Å². The minimum atomic E-state index is -0.624. The zero-order valence-corrected chi connectivity index (χ0v) is 19.5. The van der Waals surface area contributed by atoms with Crippen molar-refractivity contribution in [1.29, 1.82) is 0 Å². The highest BCUT2D eigenvalue weighted by atomic mass is 19.2. The molecular weight excluding hydrogens is 390 g/mol. The Hall–Kier alpha value is -1.22. The molecule has 0 bridgehead atoms. The SMILES string of the molecule is CCCC1CC=C(C2CCC(c3ccc(C4CCC(CC)CC4)c(F)c3F)CO2)CC1. The van der Waals surface area contributed by atoms with Crippen LogP contribution >= 0.6 is 0 Å². The van der Waals surface area contributed by atoms with E-state index in [-0.39, 0.29) is 17.9 Å². The maximum atomic E-state index is 15.1. The lowest BCUT2D eigenvalue weighted by atomic mass is 9.77. The third-order valence-electron chi connectivity index (χ3n) is 8.39. The summed E-state index contributed by atoms with van der Waals surface area (Å²) in [6.45, 7) is 4.98. The third kappa shape index (κ3) is 5.24. The largest absolute Gasteiger partial charge is 0.373 e. The fourth-order valence-corrected chi connectivity index (χ4v) is 6.25. The average Bonchev–Trinajstić information content (AvgIpc) is 2.82. The van der Waals surface area contributed by atoms with E-state index >= 15 is 8.78 Å². The summed E-state index contributed by atoms with van der Waals surface area (Å²) in [5, 5.41) is 0. The molecule has 1 aliphatic heterocycles. The Morgan fingerprint density at radius 1 is 0.839 bits per heavy atom. The van der Waals surface area contributed by atoms with Gasteiger partial charge in [-0.05, 0) is 92.2 Å².